The molecule has 4 heteroatoms. The molecule has 3 aromatic rings. The third-order valence-electron chi connectivity index (χ3n) is 4.83. The van der Waals surface area contributed by atoms with E-state index < -0.39 is 0 Å². The SMILES string of the molecule is C/C=C\c1ccc(OCc2nc3ccccc3n2CC(C)CC)c(OC)c1. The van der Waals surface area contributed by atoms with Gasteiger partial charge in [0.15, 0.2) is 11.5 Å². The molecule has 0 fully saturated rings. The number of hydrogen-bond donors (Lipinski definition) is 0. The minimum Gasteiger partial charge on any atom is -0.493 e. The van der Waals surface area contributed by atoms with Crippen LogP contribution in [0.3, 0.4) is 0 Å². The van der Waals surface area contributed by atoms with Crippen molar-refractivity contribution in [2.24, 2.45) is 5.92 Å². The van der Waals surface area contributed by atoms with Crippen LogP contribution in [-0.2, 0) is 13.2 Å². The van der Waals surface area contributed by atoms with Gasteiger partial charge in [0.25, 0.3) is 0 Å². The van der Waals surface area contributed by atoms with E-state index in [0.29, 0.717) is 12.5 Å². The van der Waals surface area contributed by atoms with E-state index in [0.717, 1.165) is 46.9 Å². The number of ether oxygens (including phenoxy) is 2. The summed E-state index contributed by atoms with van der Waals surface area (Å²) < 4.78 is 13.9. The van der Waals surface area contributed by atoms with Crippen molar-refractivity contribution < 1.29 is 9.47 Å². The Balaban J connectivity index is 1.87. The molecule has 1 unspecified atom stereocenters. The molecule has 0 bridgehead atoms. The molecule has 0 saturated heterocycles. The van der Waals surface area contributed by atoms with Crippen molar-refractivity contribution >= 4 is 17.1 Å². The van der Waals surface area contributed by atoms with Gasteiger partial charge in [0, 0.05) is 6.54 Å². The van der Waals surface area contributed by atoms with Crippen LogP contribution in [0.5, 0.6) is 11.5 Å². The van der Waals surface area contributed by atoms with E-state index in [4.69, 9.17) is 14.5 Å². The van der Waals surface area contributed by atoms with Crippen LogP contribution in [0.1, 0.15) is 38.6 Å². The summed E-state index contributed by atoms with van der Waals surface area (Å²) in [4.78, 5) is 4.80. The summed E-state index contributed by atoms with van der Waals surface area (Å²) in [5.74, 6) is 2.98. The highest BCUT2D eigenvalue weighted by Crippen LogP contribution is 2.30. The highest BCUT2D eigenvalue weighted by Gasteiger charge is 2.14. The number of rotatable bonds is 8. The van der Waals surface area contributed by atoms with Gasteiger partial charge in [-0.05, 0) is 42.7 Å². The first-order valence-electron chi connectivity index (χ1n) is 9.54. The first kappa shape index (κ1) is 19.0. The van der Waals surface area contributed by atoms with Crippen LogP contribution >= 0.6 is 0 Å². The van der Waals surface area contributed by atoms with Crippen molar-refractivity contribution in [3.05, 3.63) is 59.9 Å². The lowest BCUT2D eigenvalue weighted by atomic mass is 10.1. The molecular weight excluding hydrogens is 336 g/mol. The molecule has 0 spiro atoms. The lowest BCUT2D eigenvalue weighted by molar-refractivity contribution is 0.269. The lowest BCUT2D eigenvalue weighted by Gasteiger charge is -2.15. The first-order chi connectivity index (χ1) is 13.2. The minimum atomic E-state index is 0.407. The molecule has 3 rings (SSSR count). The van der Waals surface area contributed by atoms with E-state index in [9.17, 15) is 0 Å². The summed E-state index contributed by atoms with van der Waals surface area (Å²) in [7, 11) is 1.67. The van der Waals surface area contributed by atoms with Gasteiger partial charge in [0.1, 0.15) is 12.4 Å². The predicted octanol–water partition coefficient (Wildman–Crippen LogP) is 5.70. The maximum atomic E-state index is 6.10. The second kappa shape index (κ2) is 8.76. The number of methoxy groups -OCH3 is 1. The van der Waals surface area contributed by atoms with Gasteiger partial charge in [0.05, 0.1) is 18.1 Å². The maximum absolute atomic E-state index is 6.10. The van der Waals surface area contributed by atoms with Crippen molar-refractivity contribution in [2.45, 2.75) is 40.3 Å². The summed E-state index contributed by atoms with van der Waals surface area (Å²) in [5.41, 5.74) is 3.26. The van der Waals surface area contributed by atoms with Crippen molar-refractivity contribution in [1.29, 1.82) is 0 Å². The smallest absolute Gasteiger partial charge is 0.161 e. The number of allylic oxidation sites excluding steroid dienone is 1. The Bertz CT molecular complexity index is 927. The van der Waals surface area contributed by atoms with Crippen LogP contribution in [0.2, 0.25) is 0 Å². The Morgan fingerprint density at radius 1 is 1.15 bits per heavy atom. The van der Waals surface area contributed by atoms with Gasteiger partial charge >= 0.3 is 0 Å². The van der Waals surface area contributed by atoms with Crippen molar-refractivity contribution in [2.75, 3.05) is 7.11 Å². The Hall–Kier alpha value is -2.75. The molecule has 2 aromatic carbocycles. The molecule has 27 heavy (non-hydrogen) atoms. The molecule has 0 aliphatic heterocycles. The van der Waals surface area contributed by atoms with Crippen LogP contribution in [0, 0.1) is 5.92 Å². The zero-order chi connectivity index (χ0) is 19.2. The van der Waals surface area contributed by atoms with Gasteiger partial charge < -0.3 is 14.0 Å². The van der Waals surface area contributed by atoms with Crippen LogP contribution < -0.4 is 9.47 Å². The van der Waals surface area contributed by atoms with E-state index in [2.05, 4.69) is 36.6 Å². The molecule has 0 aliphatic carbocycles. The van der Waals surface area contributed by atoms with Crippen molar-refractivity contribution in [3.63, 3.8) is 0 Å². The van der Waals surface area contributed by atoms with E-state index in [-0.39, 0.29) is 0 Å². The fourth-order valence-electron chi connectivity index (χ4n) is 3.12. The number of aromatic nitrogens is 2. The third kappa shape index (κ3) is 4.33. The summed E-state index contributed by atoms with van der Waals surface area (Å²) in [6.07, 6.45) is 5.18. The van der Waals surface area contributed by atoms with Gasteiger partial charge in [-0.2, -0.15) is 0 Å². The summed E-state index contributed by atoms with van der Waals surface area (Å²) in [6.45, 7) is 7.83. The molecule has 0 radical (unpaired) electrons. The molecule has 142 valence electrons. The van der Waals surface area contributed by atoms with Gasteiger partial charge in [-0.15, -0.1) is 0 Å². The fraction of sp³-hybridized carbons (Fsp3) is 0.348. The molecule has 1 heterocycles. The number of imidazole rings is 1. The summed E-state index contributed by atoms with van der Waals surface area (Å²) in [5, 5.41) is 0. The Kier molecular flexibility index (Phi) is 6.17. The topological polar surface area (TPSA) is 36.3 Å². The zero-order valence-corrected chi connectivity index (χ0v) is 16.6. The first-order valence-corrected chi connectivity index (χ1v) is 9.54. The number of benzene rings is 2. The Morgan fingerprint density at radius 2 is 1.96 bits per heavy atom. The molecular formula is C23H28N2O2. The fourth-order valence-corrected chi connectivity index (χ4v) is 3.12. The molecule has 0 amide bonds. The summed E-state index contributed by atoms with van der Waals surface area (Å²) >= 11 is 0. The van der Waals surface area contributed by atoms with Crippen LogP contribution in [0.15, 0.2) is 48.5 Å². The monoisotopic (exact) mass is 364 g/mol. The van der Waals surface area contributed by atoms with Crippen molar-refractivity contribution in [3.8, 4) is 11.5 Å². The molecule has 0 N–H and O–H groups in total. The number of para-hydroxylation sites is 2. The minimum absolute atomic E-state index is 0.407. The van der Waals surface area contributed by atoms with Crippen LogP contribution in [0.4, 0.5) is 0 Å². The second-order valence-electron chi connectivity index (χ2n) is 6.84. The molecule has 1 aromatic heterocycles. The number of hydrogen-bond acceptors (Lipinski definition) is 3. The van der Waals surface area contributed by atoms with Crippen molar-refractivity contribution in [1.82, 2.24) is 9.55 Å². The lowest BCUT2D eigenvalue weighted by Crippen LogP contribution is -2.12. The molecule has 0 saturated carbocycles. The third-order valence-corrected chi connectivity index (χ3v) is 4.83. The zero-order valence-electron chi connectivity index (χ0n) is 16.6. The number of nitrogens with zero attached hydrogens (tertiary/aromatic N) is 2. The Labute approximate surface area is 161 Å². The van der Waals surface area contributed by atoms with E-state index >= 15 is 0 Å². The van der Waals surface area contributed by atoms with Gasteiger partial charge in [0.2, 0.25) is 0 Å². The Morgan fingerprint density at radius 3 is 2.70 bits per heavy atom. The normalized spacial score (nSPS) is 12.6. The quantitative estimate of drug-likeness (QED) is 0.514. The highest BCUT2D eigenvalue weighted by molar-refractivity contribution is 5.75. The van der Waals surface area contributed by atoms with E-state index in [1.807, 2.05) is 43.3 Å². The highest BCUT2D eigenvalue weighted by atomic mass is 16.5. The van der Waals surface area contributed by atoms with Crippen LogP contribution in [-0.4, -0.2) is 16.7 Å². The second-order valence-corrected chi connectivity index (χ2v) is 6.84. The van der Waals surface area contributed by atoms with Crippen LogP contribution in [0.25, 0.3) is 17.1 Å². The van der Waals surface area contributed by atoms with Gasteiger partial charge in [-0.3, -0.25) is 0 Å². The number of fused-ring (bicyclic) bond motifs is 1. The predicted molar refractivity (Wildman–Crippen MR) is 111 cm³/mol. The van der Waals surface area contributed by atoms with E-state index in [1.165, 1.54) is 0 Å². The van der Waals surface area contributed by atoms with E-state index in [1.54, 1.807) is 7.11 Å². The summed E-state index contributed by atoms with van der Waals surface area (Å²) in [6, 6.07) is 14.2. The van der Waals surface area contributed by atoms with Gasteiger partial charge in [-0.1, -0.05) is 50.6 Å². The van der Waals surface area contributed by atoms with Gasteiger partial charge in [-0.25, -0.2) is 4.98 Å². The standard InChI is InChI=1S/C23H28N2O2/c1-5-9-18-12-13-21(22(14-18)26-4)27-16-23-24-19-10-7-8-11-20(19)25(23)15-17(3)6-2/h5,7-14,17H,6,15-16H2,1-4H3/b9-5-. The molecule has 1 atom stereocenters. The average molecular weight is 364 g/mol. The molecule has 0 aliphatic rings. The molecule has 4 nitrogen and oxygen atoms in total. The largest absolute Gasteiger partial charge is 0.493 e. The maximum Gasteiger partial charge on any atom is 0.161 e. The average Bonchev–Trinajstić information content (AvgIpc) is 3.04.